The Morgan fingerprint density at radius 3 is 2.22 bits per heavy atom. The third-order valence-electron chi connectivity index (χ3n) is 8.91. The summed E-state index contributed by atoms with van der Waals surface area (Å²) in [6.45, 7) is 3.83. The fourth-order valence-electron chi connectivity index (χ4n) is 6.20. The molecular formula is C36H36Cl2N2O8S. The second-order valence-electron chi connectivity index (χ2n) is 11.9. The first-order chi connectivity index (χ1) is 23.1. The first kappa shape index (κ1) is 36.3. The summed E-state index contributed by atoms with van der Waals surface area (Å²) in [4.78, 5) is 27.1. The van der Waals surface area contributed by atoms with Gasteiger partial charge in [0.25, 0.3) is 0 Å². The summed E-state index contributed by atoms with van der Waals surface area (Å²) < 4.78 is 41.4. The van der Waals surface area contributed by atoms with Crippen molar-refractivity contribution in [3.63, 3.8) is 0 Å². The van der Waals surface area contributed by atoms with Crippen LogP contribution in [0.1, 0.15) is 33.8 Å². The highest BCUT2D eigenvalue weighted by molar-refractivity contribution is 7.89. The summed E-state index contributed by atoms with van der Waals surface area (Å²) >= 11 is 6.03. The lowest BCUT2D eigenvalue weighted by Gasteiger charge is -2.30. The van der Waals surface area contributed by atoms with Gasteiger partial charge >= 0.3 is 11.9 Å². The monoisotopic (exact) mass is 726 g/mol. The fraction of sp³-hybridized carbons (Fsp3) is 0.278. The lowest BCUT2D eigenvalue weighted by molar-refractivity contribution is -0.143. The van der Waals surface area contributed by atoms with Crippen LogP contribution >= 0.6 is 24.0 Å². The molecule has 0 amide bonds. The molecule has 1 aliphatic carbocycles. The Balaban J connectivity index is 0.00000468. The number of hydrogen-bond donors (Lipinski definition) is 2. The van der Waals surface area contributed by atoms with Crippen molar-refractivity contribution in [1.82, 2.24) is 9.21 Å². The van der Waals surface area contributed by atoms with Crippen molar-refractivity contribution in [2.75, 3.05) is 39.5 Å². The number of benzene rings is 4. The van der Waals surface area contributed by atoms with Crippen molar-refractivity contribution < 1.29 is 37.7 Å². The molecule has 13 heteroatoms. The molecule has 2 N–H and O–H groups in total. The van der Waals surface area contributed by atoms with Crippen molar-refractivity contribution in [2.45, 2.75) is 29.3 Å². The normalized spacial score (nSPS) is 19.2. The summed E-state index contributed by atoms with van der Waals surface area (Å²) in [5, 5.41) is 20.9. The Labute approximate surface area is 296 Å². The minimum Gasteiger partial charge on any atom is -0.492 e. The molecule has 0 aromatic heterocycles. The molecule has 0 radical (unpaired) electrons. The van der Waals surface area contributed by atoms with Gasteiger partial charge in [-0.1, -0.05) is 60.1 Å². The van der Waals surface area contributed by atoms with Crippen molar-refractivity contribution >= 4 is 46.0 Å². The van der Waals surface area contributed by atoms with Gasteiger partial charge in [0.05, 0.1) is 23.7 Å². The Kier molecular flexibility index (Phi) is 11.3. The summed E-state index contributed by atoms with van der Waals surface area (Å²) in [5.74, 6) is -2.58. The van der Waals surface area contributed by atoms with Gasteiger partial charge in [0, 0.05) is 37.1 Å². The molecule has 2 fully saturated rings. The average Bonchev–Trinajstić information content (AvgIpc) is 3.85. The van der Waals surface area contributed by atoms with Crippen molar-refractivity contribution in [1.29, 1.82) is 0 Å². The van der Waals surface area contributed by atoms with Gasteiger partial charge in [0.2, 0.25) is 10.0 Å². The van der Waals surface area contributed by atoms with Crippen LogP contribution in [-0.4, -0.2) is 84.8 Å². The van der Waals surface area contributed by atoms with Gasteiger partial charge < -0.3 is 19.7 Å². The summed E-state index contributed by atoms with van der Waals surface area (Å²) in [7, 11) is -4.42. The Bertz CT molecular complexity index is 1900. The Morgan fingerprint density at radius 1 is 0.918 bits per heavy atom. The lowest BCUT2D eigenvalue weighted by atomic mass is 10.0. The van der Waals surface area contributed by atoms with Crippen LogP contribution in [0.4, 0.5) is 0 Å². The molecular weight excluding hydrogens is 691 g/mol. The van der Waals surface area contributed by atoms with Crippen LogP contribution < -0.4 is 4.74 Å². The molecule has 49 heavy (non-hydrogen) atoms. The lowest BCUT2D eigenvalue weighted by Crippen LogP contribution is -2.48. The van der Waals surface area contributed by atoms with Crippen LogP contribution in [0.5, 0.6) is 5.75 Å². The van der Waals surface area contributed by atoms with Gasteiger partial charge in [-0.25, -0.2) is 13.2 Å². The van der Waals surface area contributed by atoms with Gasteiger partial charge in [-0.3, -0.25) is 9.69 Å². The predicted molar refractivity (Wildman–Crippen MR) is 187 cm³/mol. The number of sulfonamides is 1. The van der Waals surface area contributed by atoms with E-state index >= 15 is 0 Å². The summed E-state index contributed by atoms with van der Waals surface area (Å²) in [6.07, 6.45) is 0.0280. The molecule has 0 bridgehead atoms. The smallest absolute Gasteiger partial charge is 0.335 e. The number of ether oxygens (including phenoxy) is 2. The molecule has 1 saturated heterocycles. The fourth-order valence-corrected chi connectivity index (χ4v) is 8.09. The highest BCUT2D eigenvalue weighted by Crippen LogP contribution is 2.58. The van der Waals surface area contributed by atoms with Gasteiger partial charge in [0.15, 0.2) is 0 Å². The quantitative estimate of drug-likeness (QED) is 0.169. The number of carbonyl (C=O) groups is 2. The van der Waals surface area contributed by atoms with E-state index in [9.17, 15) is 28.2 Å². The van der Waals surface area contributed by atoms with E-state index < -0.39 is 33.4 Å². The number of morpholine rings is 1. The van der Waals surface area contributed by atoms with E-state index in [0.29, 0.717) is 48.3 Å². The van der Waals surface area contributed by atoms with Crippen LogP contribution in [0.25, 0.3) is 11.1 Å². The number of halogens is 2. The van der Waals surface area contributed by atoms with Gasteiger partial charge in [0.1, 0.15) is 17.9 Å². The molecule has 1 saturated carbocycles. The zero-order chi connectivity index (χ0) is 33.9. The van der Waals surface area contributed by atoms with Crippen LogP contribution in [-0.2, 0) is 26.1 Å². The number of hydrogen-bond acceptors (Lipinski definition) is 7. The number of nitrogens with zero attached hydrogens (tertiary/aromatic N) is 2. The van der Waals surface area contributed by atoms with E-state index in [0.717, 1.165) is 28.5 Å². The molecule has 258 valence electrons. The maximum Gasteiger partial charge on any atom is 0.335 e. The van der Waals surface area contributed by atoms with Crippen LogP contribution in [0, 0.1) is 0 Å². The van der Waals surface area contributed by atoms with Crippen molar-refractivity contribution in [2.24, 2.45) is 0 Å². The van der Waals surface area contributed by atoms with E-state index in [1.807, 2.05) is 12.1 Å². The third kappa shape index (κ3) is 7.93. The van der Waals surface area contributed by atoms with E-state index in [4.69, 9.17) is 21.1 Å². The van der Waals surface area contributed by atoms with E-state index in [2.05, 4.69) is 4.90 Å². The third-order valence-corrected chi connectivity index (χ3v) is 11.1. The highest BCUT2D eigenvalue weighted by atomic mass is 35.5. The summed E-state index contributed by atoms with van der Waals surface area (Å²) in [6, 6.07) is 26.3. The van der Waals surface area contributed by atoms with Crippen molar-refractivity contribution in [3.05, 3.63) is 119 Å². The van der Waals surface area contributed by atoms with Gasteiger partial charge in [-0.05, 0) is 77.2 Å². The maximum absolute atomic E-state index is 14.5. The van der Waals surface area contributed by atoms with E-state index in [-0.39, 0.29) is 35.8 Å². The molecule has 6 rings (SSSR count). The van der Waals surface area contributed by atoms with E-state index in [1.165, 1.54) is 30.3 Å². The SMILES string of the molecule is Cl.O=C(O)c1cccc(CN(C2(C(=O)O)CC2c2cccc(OCCN3CCOCC3)c2)S(=O)(=O)c2ccc(-c3ccc(Cl)cc3)cc2)c1. The zero-order valence-electron chi connectivity index (χ0n) is 26.4. The minimum atomic E-state index is -4.42. The van der Waals surface area contributed by atoms with Gasteiger partial charge in [-0.15, -0.1) is 12.4 Å². The molecule has 10 nitrogen and oxygen atoms in total. The molecule has 2 aliphatic rings. The second kappa shape index (κ2) is 15.3. The van der Waals surface area contributed by atoms with Crippen LogP contribution in [0.15, 0.2) is 102 Å². The number of aliphatic carboxylic acids is 1. The number of aromatic carboxylic acids is 1. The average molecular weight is 728 g/mol. The predicted octanol–water partition coefficient (Wildman–Crippen LogP) is 6.04. The largest absolute Gasteiger partial charge is 0.492 e. The molecule has 4 aromatic rings. The molecule has 1 heterocycles. The van der Waals surface area contributed by atoms with E-state index in [1.54, 1.807) is 54.6 Å². The number of carboxylic acid groups (broad SMARTS) is 2. The highest BCUT2D eigenvalue weighted by Gasteiger charge is 2.68. The second-order valence-corrected chi connectivity index (χ2v) is 14.2. The molecule has 2 atom stereocenters. The molecule has 1 aliphatic heterocycles. The standard InChI is InChI=1S/C36H35ClN2O8S.ClH/c37-30-11-7-26(8-12-30)27-9-13-32(14-10-27)48(44,45)39(24-25-3-1-5-29(21-25)34(40)41)36(35(42)43)23-33(36)28-4-2-6-31(22-28)47-20-17-38-15-18-46-19-16-38;/h1-14,21-22,33H,15-20,23-24H2,(H,40,41)(H,42,43);1H. The topological polar surface area (TPSA) is 134 Å². The van der Waals surface area contributed by atoms with Gasteiger partial charge in [-0.2, -0.15) is 4.31 Å². The van der Waals surface area contributed by atoms with Crippen molar-refractivity contribution in [3.8, 4) is 16.9 Å². The Morgan fingerprint density at radius 2 is 1.57 bits per heavy atom. The number of carboxylic acids is 2. The maximum atomic E-state index is 14.5. The molecule has 2 unspecified atom stereocenters. The Hall–Kier alpha value is -3.97. The molecule has 0 spiro atoms. The minimum absolute atomic E-state index is 0. The summed E-state index contributed by atoms with van der Waals surface area (Å²) in [5.41, 5.74) is 0.729. The number of rotatable bonds is 13. The zero-order valence-corrected chi connectivity index (χ0v) is 28.8. The van der Waals surface area contributed by atoms with Crippen LogP contribution in [0.3, 0.4) is 0 Å². The first-order valence-electron chi connectivity index (χ1n) is 15.6. The van der Waals surface area contributed by atoms with Crippen LogP contribution in [0.2, 0.25) is 5.02 Å². The molecule has 4 aromatic carbocycles. The first-order valence-corrected chi connectivity index (χ1v) is 17.4.